The Balaban J connectivity index is 0.000000177. The maximum atomic E-state index is 9.74. The average Bonchev–Trinajstić information content (AvgIpc) is 3.88. The van der Waals surface area contributed by atoms with Gasteiger partial charge in [0.25, 0.3) is 0 Å². The van der Waals surface area contributed by atoms with Crippen LogP contribution in [-0.4, -0.2) is 50.1 Å². The number of methoxy groups -OCH3 is 1. The number of hydrogen-bond donors (Lipinski definition) is 2. The van der Waals surface area contributed by atoms with Gasteiger partial charge in [0.15, 0.2) is 0 Å². The molecule has 0 aliphatic heterocycles. The van der Waals surface area contributed by atoms with Crippen LogP contribution in [0.5, 0.6) is 5.75 Å². The number of para-hydroxylation sites is 2. The fourth-order valence-corrected chi connectivity index (χ4v) is 8.26. The molecule has 58 heavy (non-hydrogen) atoms. The third-order valence-electron chi connectivity index (χ3n) is 8.86. The third-order valence-corrected chi connectivity index (χ3v) is 11.8. The van der Waals surface area contributed by atoms with E-state index in [2.05, 4.69) is 52.7 Å². The van der Waals surface area contributed by atoms with Gasteiger partial charge in [0.2, 0.25) is 11.9 Å². The summed E-state index contributed by atoms with van der Waals surface area (Å²) in [5.41, 5.74) is 5.32. The molecule has 11 nitrogen and oxygen atoms in total. The van der Waals surface area contributed by atoms with Gasteiger partial charge in [0, 0.05) is 25.5 Å². The van der Waals surface area contributed by atoms with Crippen LogP contribution in [0.3, 0.4) is 0 Å². The molecule has 8 aromatic rings. The van der Waals surface area contributed by atoms with E-state index in [1.54, 1.807) is 37.7 Å². The Hall–Kier alpha value is -6.22. The van der Waals surface area contributed by atoms with Crippen molar-refractivity contribution in [3.05, 3.63) is 158 Å². The van der Waals surface area contributed by atoms with Gasteiger partial charge in [-0.3, -0.25) is 0 Å². The summed E-state index contributed by atoms with van der Waals surface area (Å²) in [5, 5.41) is 28.5. The summed E-state index contributed by atoms with van der Waals surface area (Å²) in [6.07, 6.45) is 4.90. The number of hydrogen-bond acceptors (Lipinski definition) is 13. The summed E-state index contributed by atoms with van der Waals surface area (Å²) in [7, 11) is 1.66. The second kappa shape index (κ2) is 19.3. The molecule has 288 valence electrons. The molecule has 0 bridgehead atoms. The number of anilines is 2. The topological polar surface area (TPSA) is 158 Å². The van der Waals surface area contributed by atoms with Gasteiger partial charge in [-0.2, -0.15) is 10.5 Å². The number of fused-ring (bicyclic) bond motifs is 2. The number of ether oxygens (including phenoxy) is 1. The van der Waals surface area contributed by atoms with Gasteiger partial charge >= 0.3 is 0 Å². The first-order valence-corrected chi connectivity index (χ1v) is 20.5. The lowest BCUT2D eigenvalue weighted by Gasteiger charge is -2.09. The lowest BCUT2D eigenvalue weighted by Crippen LogP contribution is -2.10. The summed E-state index contributed by atoms with van der Waals surface area (Å²) >= 11 is 15.0. The molecule has 0 saturated carbocycles. The molecule has 0 spiro atoms. The smallest absolute Gasteiger partial charge is 0.222 e. The highest BCUT2D eigenvalue weighted by Crippen LogP contribution is 2.32. The fourth-order valence-electron chi connectivity index (χ4n) is 5.88. The molecule has 0 fully saturated rings. The van der Waals surface area contributed by atoms with Crippen molar-refractivity contribution in [3.8, 4) is 17.9 Å². The zero-order chi connectivity index (χ0) is 40.3. The zero-order valence-electron chi connectivity index (χ0n) is 31.0. The van der Waals surface area contributed by atoms with Crippen molar-refractivity contribution < 1.29 is 4.74 Å². The molecule has 8 rings (SSSR count). The highest BCUT2D eigenvalue weighted by Gasteiger charge is 2.21. The van der Waals surface area contributed by atoms with Crippen LogP contribution in [0.4, 0.5) is 11.9 Å². The number of halogens is 2. The molecule has 0 amide bonds. The SMILES string of the molecule is COc1ccc(CCNc2nccc(C(C#N)c3nc4ccccc4s3)n2)cc1.N#CC(c1ccnc(NCCc2ccc(Cl)c(Cl)c2)n1)c1nc2ccccc2s1. The van der Waals surface area contributed by atoms with E-state index in [9.17, 15) is 10.5 Å². The minimum absolute atomic E-state index is 0.476. The first kappa shape index (κ1) is 40.0. The molecule has 2 unspecified atom stereocenters. The fraction of sp³-hybridized carbons (Fsp3) is 0.163. The second-order valence-corrected chi connectivity index (χ2v) is 15.7. The number of rotatable bonds is 13. The molecule has 4 aromatic carbocycles. The molecule has 0 saturated heterocycles. The van der Waals surface area contributed by atoms with Gasteiger partial charge < -0.3 is 15.4 Å². The molecule has 0 aliphatic rings. The number of aromatic nitrogens is 6. The summed E-state index contributed by atoms with van der Waals surface area (Å²) in [4.78, 5) is 26.8. The lowest BCUT2D eigenvalue weighted by atomic mass is 10.1. The largest absolute Gasteiger partial charge is 0.497 e. The minimum atomic E-state index is -0.536. The maximum absolute atomic E-state index is 9.74. The van der Waals surface area contributed by atoms with Crippen LogP contribution in [0.2, 0.25) is 10.0 Å². The van der Waals surface area contributed by atoms with Crippen molar-refractivity contribution >= 4 is 78.2 Å². The van der Waals surface area contributed by atoms with Crippen molar-refractivity contribution in [2.24, 2.45) is 0 Å². The monoisotopic (exact) mass is 840 g/mol. The van der Waals surface area contributed by atoms with Gasteiger partial charge in [0.1, 0.15) is 27.6 Å². The quantitative estimate of drug-likeness (QED) is 0.114. The Bertz CT molecular complexity index is 2660. The summed E-state index contributed by atoms with van der Waals surface area (Å²) in [5.74, 6) is 0.778. The molecule has 2 atom stereocenters. The van der Waals surface area contributed by atoms with E-state index in [1.807, 2.05) is 84.9 Å². The van der Waals surface area contributed by atoms with Crippen LogP contribution in [0.15, 0.2) is 116 Å². The molecular formula is C43H34Cl2N10OS2. The Morgan fingerprint density at radius 1 is 0.621 bits per heavy atom. The van der Waals surface area contributed by atoms with Crippen LogP contribution in [-0.2, 0) is 12.8 Å². The standard InChI is InChI=1S/C22H19N5OS.C21H15Cl2N5S/c1-28-16-8-6-15(7-9-16)10-12-24-22-25-13-11-18(27-22)17(14-23)21-26-19-4-2-3-5-20(19)29-21;22-15-6-5-13(11-16(15)23)7-9-25-21-26-10-8-17(28-21)14(12-24)20-27-18-3-1-2-4-19(18)29-20/h2-9,11,13,17H,10,12H2,1H3,(H,24,25,27);1-6,8,10-11,14H,7,9H2,(H,25,26,28). The zero-order valence-corrected chi connectivity index (χ0v) is 34.2. The Morgan fingerprint density at radius 3 is 1.60 bits per heavy atom. The first-order chi connectivity index (χ1) is 28.4. The molecule has 0 aliphatic carbocycles. The Kier molecular flexibility index (Phi) is 13.3. The summed E-state index contributed by atoms with van der Waals surface area (Å²) in [6.45, 7) is 1.31. The number of nitriles is 2. The molecule has 4 aromatic heterocycles. The van der Waals surface area contributed by atoms with Gasteiger partial charge in [-0.15, -0.1) is 22.7 Å². The lowest BCUT2D eigenvalue weighted by molar-refractivity contribution is 0.414. The average molecular weight is 842 g/mol. The van der Waals surface area contributed by atoms with Crippen LogP contribution >= 0.6 is 45.9 Å². The molecule has 15 heteroatoms. The van der Waals surface area contributed by atoms with Gasteiger partial charge in [-0.25, -0.2) is 29.9 Å². The van der Waals surface area contributed by atoms with E-state index in [1.165, 1.54) is 28.2 Å². The molecular weight excluding hydrogens is 808 g/mol. The van der Waals surface area contributed by atoms with E-state index in [4.69, 9.17) is 27.9 Å². The number of thiazole rings is 2. The van der Waals surface area contributed by atoms with E-state index < -0.39 is 11.8 Å². The van der Waals surface area contributed by atoms with Crippen molar-refractivity contribution in [2.75, 3.05) is 30.8 Å². The molecule has 4 heterocycles. The van der Waals surface area contributed by atoms with Gasteiger partial charge in [-0.1, -0.05) is 65.7 Å². The predicted octanol–water partition coefficient (Wildman–Crippen LogP) is 10.1. The number of benzene rings is 4. The van der Waals surface area contributed by atoms with E-state index in [-0.39, 0.29) is 0 Å². The van der Waals surface area contributed by atoms with Crippen LogP contribution in [0.25, 0.3) is 20.4 Å². The molecule has 0 radical (unpaired) electrons. The van der Waals surface area contributed by atoms with Crippen LogP contribution < -0.4 is 15.4 Å². The maximum Gasteiger partial charge on any atom is 0.222 e. The highest BCUT2D eigenvalue weighted by atomic mass is 35.5. The van der Waals surface area contributed by atoms with Crippen molar-refractivity contribution in [3.63, 3.8) is 0 Å². The van der Waals surface area contributed by atoms with Crippen LogP contribution in [0, 0.1) is 22.7 Å². The van der Waals surface area contributed by atoms with Gasteiger partial charge in [0.05, 0.1) is 61.1 Å². The van der Waals surface area contributed by atoms with Crippen LogP contribution in [0.1, 0.15) is 44.4 Å². The minimum Gasteiger partial charge on any atom is -0.497 e. The highest BCUT2D eigenvalue weighted by molar-refractivity contribution is 7.19. The van der Waals surface area contributed by atoms with E-state index >= 15 is 0 Å². The number of nitrogens with one attached hydrogen (secondary N) is 2. The first-order valence-electron chi connectivity index (χ1n) is 18.1. The summed E-state index contributed by atoms with van der Waals surface area (Å²) < 4.78 is 7.30. The third kappa shape index (κ3) is 10.0. The summed E-state index contributed by atoms with van der Waals surface area (Å²) in [6, 6.07) is 37.5. The predicted molar refractivity (Wildman–Crippen MR) is 232 cm³/mol. The van der Waals surface area contributed by atoms with E-state index in [0.717, 1.165) is 54.6 Å². The van der Waals surface area contributed by atoms with Crippen molar-refractivity contribution in [1.29, 1.82) is 10.5 Å². The van der Waals surface area contributed by atoms with Gasteiger partial charge in [-0.05, 0) is 84.6 Å². The normalized spacial score (nSPS) is 11.8. The Morgan fingerprint density at radius 2 is 1.12 bits per heavy atom. The number of nitrogens with zero attached hydrogens (tertiary/aromatic N) is 8. The van der Waals surface area contributed by atoms with Crippen molar-refractivity contribution in [2.45, 2.75) is 24.7 Å². The Labute approximate surface area is 353 Å². The van der Waals surface area contributed by atoms with Crippen molar-refractivity contribution in [1.82, 2.24) is 29.9 Å². The molecule has 2 N–H and O–H groups in total. The second-order valence-electron chi connectivity index (χ2n) is 12.7. The van der Waals surface area contributed by atoms with E-state index in [0.29, 0.717) is 46.4 Å².